The zero-order chi connectivity index (χ0) is 19.4. The predicted molar refractivity (Wildman–Crippen MR) is 114 cm³/mol. The Labute approximate surface area is 162 Å². The summed E-state index contributed by atoms with van der Waals surface area (Å²) < 4.78 is 6.05. The molecule has 1 aliphatic rings. The number of rotatable bonds is 6. The third-order valence-electron chi connectivity index (χ3n) is 5.13. The summed E-state index contributed by atoms with van der Waals surface area (Å²) in [6, 6.07) is 8.47. The molecule has 0 fully saturated rings. The Bertz CT molecular complexity index is 908. The summed E-state index contributed by atoms with van der Waals surface area (Å²) in [6.45, 7) is 10.8. The van der Waals surface area contributed by atoms with E-state index in [4.69, 9.17) is 4.42 Å². The number of hydrogen-bond acceptors (Lipinski definition) is 3. The van der Waals surface area contributed by atoms with Gasteiger partial charge in [-0.2, -0.15) is 0 Å². The van der Waals surface area contributed by atoms with E-state index in [2.05, 4.69) is 69.0 Å². The Morgan fingerprint density at radius 2 is 1.89 bits per heavy atom. The Morgan fingerprint density at radius 1 is 1.11 bits per heavy atom. The summed E-state index contributed by atoms with van der Waals surface area (Å²) in [4.78, 5) is 13.2. The molecule has 3 rings (SSSR count). The van der Waals surface area contributed by atoms with E-state index in [-0.39, 0.29) is 5.41 Å². The van der Waals surface area contributed by atoms with Crippen molar-refractivity contribution in [1.82, 2.24) is 0 Å². The SMILES string of the molecule is CCN(CC)c1ccc2cc(/C=C/C3=CC(=C\C=O)/CC(C)(C)C3)oc2c1. The summed E-state index contributed by atoms with van der Waals surface area (Å²) >= 11 is 0. The van der Waals surface area contributed by atoms with Crippen molar-refractivity contribution in [3.63, 3.8) is 0 Å². The highest BCUT2D eigenvalue weighted by Gasteiger charge is 2.24. The molecule has 0 amide bonds. The Balaban J connectivity index is 1.85. The van der Waals surface area contributed by atoms with E-state index in [9.17, 15) is 4.79 Å². The number of fused-ring (bicyclic) bond motifs is 1. The third-order valence-corrected chi connectivity index (χ3v) is 5.13. The van der Waals surface area contributed by atoms with Crippen LogP contribution >= 0.6 is 0 Å². The van der Waals surface area contributed by atoms with Crippen LogP contribution in [0, 0.1) is 5.41 Å². The van der Waals surface area contributed by atoms with Crippen LogP contribution in [0.1, 0.15) is 46.3 Å². The molecule has 27 heavy (non-hydrogen) atoms. The zero-order valence-corrected chi connectivity index (χ0v) is 16.8. The minimum Gasteiger partial charge on any atom is -0.457 e. The van der Waals surface area contributed by atoms with Crippen molar-refractivity contribution < 1.29 is 9.21 Å². The molecule has 1 aliphatic carbocycles. The molecule has 0 unspecified atom stereocenters. The molecule has 0 spiro atoms. The highest BCUT2D eigenvalue weighted by atomic mass is 16.3. The molecular formula is C24H29NO2. The van der Waals surface area contributed by atoms with Crippen LogP contribution in [-0.2, 0) is 4.79 Å². The largest absolute Gasteiger partial charge is 0.457 e. The van der Waals surface area contributed by atoms with Gasteiger partial charge in [-0.05, 0) is 73.6 Å². The van der Waals surface area contributed by atoms with Crippen molar-refractivity contribution in [3.05, 3.63) is 59.4 Å². The molecule has 2 aromatic rings. The van der Waals surface area contributed by atoms with Crippen molar-refractivity contribution >= 4 is 29.0 Å². The number of carbonyl (C=O) groups is 1. The van der Waals surface area contributed by atoms with Crippen LogP contribution in [0.5, 0.6) is 0 Å². The van der Waals surface area contributed by atoms with Gasteiger partial charge in [-0.3, -0.25) is 4.79 Å². The monoisotopic (exact) mass is 363 g/mol. The standard InChI is InChI=1S/C24H29NO2/c1-5-25(6-2)21-9-8-20-14-22(27-23(20)15-21)10-7-18-13-19(11-12-26)17-24(3,4)16-18/h7-15H,5-6,16-17H2,1-4H3/b10-7+,19-11+. The topological polar surface area (TPSA) is 33.5 Å². The van der Waals surface area contributed by atoms with Gasteiger partial charge in [-0.1, -0.05) is 26.0 Å². The van der Waals surface area contributed by atoms with Gasteiger partial charge < -0.3 is 9.32 Å². The first-order chi connectivity index (χ1) is 12.9. The van der Waals surface area contributed by atoms with Crippen molar-refractivity contribution in [2.24, 2.45) is 5.41 Å². The molecule has 1 aromatic carbocycles. The molecule has 0 radical (unpaired) electrons. The van der Waals surface area contributed by atoms with Gasteiger partial charge in [-0.25, -0.2) is 0 Å². The van der Waals surface area contributed by atoms with E-state index in [1.165, 1.54) is 11.3 Å². The van der Waals surface area contributed by atoms with E-state index in [0.29, 0.717) is 0 Å². The van der Waals surface area contributed by atoms with E-state index in [0.717, 1.165) is 54.5 Å². The van der Waals surface area contributed by atoms with Crippen molar-refractivity contribution in [1.29, 1.82) is 0 Å². The fourth-order valence-electron chi connectivity index (χ4n) is 3.91. The molecule has 0 saturated carbocycles. The maximum Gasteiger partial charge on any atom is 0.143 e. The van der Waals surface area contributed by atoms with Crippen molar-refractivity contribution in [3.8, 4) is 0 Å². The van der Waals surface area contributed by atoms with E-state index >= 15 is 0 Å². The van der Waals surface area contributed by atoms with E-state index in [1.54, 1.807) is 6.08 Å². The van der Waals surface area contributed by atoms with Crippen molar-refractivity contribution in [2.45, 2.75) is 40.5 Å². The van der Waals surface area contributed by atoms with Crippen LogP contribution in [0.4, 0.5) is 5.69 Å². The van der Waals surface area contributed by atoms with Gasteiger partial charge in [0.15, 0.2) is 0 Å². The number of nitrogens with zero attached hydrogens (tertiary/aromatic N) is 1. The predicted octanol–water partition coefficient (Wildman–Crippen LogP) is 6.16. The maximum atomic E-state index is 10.8. The highest BCUT2D eigenvalue weighted by Crippen LogP contribution is 2.38. The highest BCUT2D eigenvalue weighted by molar-refractivity contribution is 5.83. The number of benzene rings is 1. The molecule has 1 heterocycles. The summed E-state index contributed by atoms with van der Waals surface area (Å²) in [5.74, 6) is 0.854. The lowest BCUT2D eigenvalue weighted by Crippen LogP contribution is -2.21. The van der Waals surface area contributed by atoms with Gasteiger partial charge in [0.25, 0.3) is 0 Å². The van der Waals surface area contributed by atoms with Crippen LogP contribution in [0.25, 0.3) is 17.0 Å². The first-order valence-electron chi connectivity index (χ1n) is 9.75. The average Bonchev–Trinajstić information content (AvgIpc) is 3.02. The molecular weight excluding hydrogens is 334 g/mol. The normalized spacial score (nSPS) is 18.2. The third kappa shape index (κ3) is 4.60. The lowest BCUT2D eigenvalue weighted by atomic mass is 9.75. The number of aldehydes is 1. The van der Waals surface area contributed by atoms with Crippen LogP contribution in [-0.4, -0.2) is 19.4 Å². The number of hydrogen-bond donors (Lipinski definition) is 0. The van der Waals surface area contributed by atoms with Gasteiger partial charge in [0, 0.05) is 30.2 Å². The van der Waals surface area contributed by atoms with Crippen molar-refractivity contribution in [2.75, 3.05) is 18.0 Å². The average molecular weight is 364 g/mol. The summed E-state index contributed by atoms with van der Waals surface area (Å²) in [5.41, 5.74) is 4.59. The maximum absolute atomic E-state index is 10.8. The number of allylic oxidation sites excluding steroid dienone is 5. The molecule has 0 atom stereocenters. The Morgan fingerprint density at radius 3 is 2.59 bits per heavy atom. The molecule has 1 aromatic heterocycles. The molecule has 0 bridgehead atoms. The zero-order valence-electron chi connectivity index (χ0n) is 16.8. The smallest absolute Gasteiger partial charge is 0.143 e. The lowest BCUT2D eigenvalue weighted by molar-refractivity contribution is -0.104. The molecule has 0 aliphatic heterocycles. The van der Waals surface area contributed by atoms with Gasteiger partial charge in [0.05, 0.1) is 0 Å². The molecule has 0 saturated heterocycles. The quantitative estimate of drug-likeness (QED) is 0.455. The van der Waals surface area contributed by atoms with Gasteiger partial charge in [0.2, 0.25) is 0 Å². The van der Waals surface area contributed by atoms with Crippen LogP contribution in [0.2, 0.25) is 0 Å². The summed E-state index contributed by atoms with van der Waals surface area (Å²) in [6.07, 6.45) is 10.7. The lowest BCUT2D eigenvalue weighted by Gasteiger charge is -2.30. The van der Waals surface area contributed by atoms with Gasteiger partial charge >= 0.3 is 0 Å². The fraction of sp³-hybridized carbons (Fsp3) is 0.375. The second-order valence-electron chi connectivity index (χ2n) is 7.99. The molecule has 3 heteroatoms. The molecule has 142 valence electrons. The Kier molecular flexibility index (Phi) is 5.69. The van der Waals surface area contributed by atoms with E-state index in [1.807, 2.05) is 6.08 Å². The van der Waals surface area contributed by atoms with Crippen LogP contribution in [0.15, 0.2) is 58.1 Å². The minimum atomic E-state index is 0.163. The molecule has 0 N–H and O–H groups in total. The second kappa shape index (κ2) is 7.99. The fourth-order valence-corrected chi connectivity index (χ4v) is 3.91. The van der Waals surface area contributed by atoms with Gasteiger partial charge in [-0.15, -0.1) is 0 Å². The summed E-state index contributed by atoms with van der Waals surface area (Å²) in [5, 5.41) is 1.12. The van der Waals surface area contributed by atoms with E-state index < -0.39 is 0 Å². The summed E-state index contributed by atoms with van der Waals surface area (Å²) in [7, 11) is 0. The number of carbonyl (C=O) groups excluding carboxylic acids is 1. The molecule has 3 nitrogen and oxygen atoms in total. The number of furan rings is 1. The van der Waals surface area contributed by atoms with Crippen LogP contribution < -0.4 is 4.90 Å². The Hall–Kier alpha value is -2.55. The first-order valence-corrected chi connectivity index (χ1v) is 9.75. The van der Waals surface area contributed by atoms with Gasteiger partial charge in [0.1, 0.15) is 17.6 Å². The second-order valence-corrected chi connectivity index (χ2v) is 7.99. The first kappa shape index (κ1) is 19.2. The minimum absolute atomic E-state index is 0.163. The van der Waals surface area contributed by atoms with Crippen LogP contribution in [0.3, 0.4) is 0 Å². The number of anilines is 1.